The predicted molar refractivity (Wildman–Crippen MR) is 81.2 cm³/mol. The van der Waals surface area contributed by atoms with Crippen molar-refractivity contribution < 1.29 is 4.79 Å². The van der Waals surface area contributed by atoms with Crippen LogP contribution in [0.3, 0.4) is 0 Å². The van der Waals surface area contributed by atoms with E-state index < -0.39 is 0 Å². The van der Waals surface area contributed by atoms with Gasteiger partial charge in [-0.3, -0.25) is 14.2 Å². The summed E-state index contributed by atoms with van der Waals surface area (Å²) in [6, 6.07) is 3.83. The highest BCUT2D eigenvalue weighted by Crippen LogP contribution is 2.27. The second kappa shape index (κ2) is 5.52. The van der Waals surface area contributed by atoms with Gasteiger partial charge in [-0.25, -0.2) is 0 Å². The number of aryl methyl sites for hydroxylation is 2. The minimum Gasteiger partial charge on any atom is -0.289 e. The highest BCUT2D eigenvalue weighted by molar-refractivity contribution is 6.13. The summed E-state index contributed by atoms with van der Waals surface area (Å²) in [4.78, 5) is 12.5. The molecule has 5 nitrogen and oxygen atoms in total. The van der Waals surface area contributed by atoms with Crippen LogP contribution in [0.4, 0.5) is 0 Å². The molecule has 0 radical (unpaired) electrons. The van der Waals surface area contributed by atoms with Crippen molar-refractivity contribution in [1.82, 2.24) is 19.6 Å². The molecule has 1 aliphatic rings. The molecule has 2 aromatic heterocycles. The van der Waals surface area contributed by atoms with Gasteiger partial charge in [0.05, 0.1) is 11.4 Å². The van der Waals surface area contributed by atoms with Gasteiger partial charge in [-0.15, -0.1) is 0 Å². The first kappa shape index (κ1) is 13.5. The van der Waals surface area contributed by atoms with Crippen LogP contribution < -0.4 is 0 Å². The van der Waals surface area contributed by atoms with Gasteiger partial charge in [-0.2, -0.15) is 10.2 Å². The Hall–Kier alpha value is -2.43. The van der Waals surface area contributed by atoms with Gasteiger partial charge in [0, 0.05) is 37.6 Å². The number of allylic oxidation sites excluding steroid dienone is 2. The zero-order chi connectivity index (χ0) is 14.8. The Morgan fingerprint density at radius 1 is 0.952 bits per heavy atom. The van der Waals surface area contributed by atoms with Crippen LogP contribution in [0.1, 0.15) is 30.7 Å². The summed E-state index contributed by atoms with van der Waals surface area (Å²) < 4.78 is 3.48. The molecule has 0 aliphatic heterocycles. The van der Waals surface area contributed by atoms with Crippen molar-refractivity contribution in [2.75, 3.05) is 0 Å². The standard InChI is InChI=1S/C16H18N4O/c1-19-8-6-14(17-19)10-12-4-3-5-13(16(12)21)11-15-7-9-20(2)18-15/h6-11H,3-5H2,1-2H3/b12-10-,13-11+. The van der Waals surface area contributed by atoms with Gasteiger partial charge >= 0.3 is 0 Å². The molecule has 2 heterocycles. The molecule has 2 aromatic rings. The Morgan fingerprint density at radius 3 is 1.81 bits per heavy atom. The summed E-state index contributed by atoms with van der Waals surface area (Å²) in [6.45, 7) is 0. The molecule has 5 heteroatoms. The third-order valence-corrected chi connectivity index (χ3v) is 3.59. The van der Waals surface area contributed by atoms with Crippen molar-refractivity contribution in [1.29, 1.82) is 0 Å². The van der Waals surface area contributed by atoms with Crippen LogP contribution in [0.2, 0.25) is 0 Å². The van der Waals surface area contributed by atoms with Gasteiger partial charge < -0.3 is 0 Å². The molecule has 0 amide bonds. The molecule has 1 fully saturated rings. The van der Waals surface area contributed by atoms with Crippen molar-refractivity contribution in [2.45, 2.75) is 19.3 Å². The first-order chi connectivity index (χ1) is 10.1. The molecule has 0 atom stereocenters. The van der Waals surface area contributed by atoms with Crippen LogP contribution in [0.5, 0.6) is 0 Å². The van der Waals surface area contributed by atoms with Gasteiger partial charge in [0.2, 0.25) is 0 Å². The van der Waals surface area contributed by atoms with Crippen LogP contribution in [0.25, 0.3) is 12.2 Å². The predicted octanol–water partition coefficient (Wildman–Crippen LogP) is 2.37. The Labute approximate surface area is 123 Å². The minimum absolute atomic E-state index is 0.123. The summed E-state index contributed by atoms with van der Waals surface area (Å²) >= 11 is 0. The highest BCUT2D eigenvalue weighted by Gasteiger charge is 2.21. The average molecular weight is 282 g/mol. The number of ketones is 1. The van der Waals surface area contributed by atoms with E-state index in [2.05, 4.69) is 10.2 Å². The number of hydrogen-bond donors (Lipinski definition) is 0. The third-order valence-electron chi connectivity index (χ3n) is 3.59. The van der Waals surface area contributed by atoms with Crippen molar-refractivity contribution in [2.24, 2.45) is 14.1 Å². The van der Waals surface area contributed by atoms with Crippen molar-refractivity contribution in [3.63, 3.8) is 0 Å². The molecule has 0 aromatic carbocycles. The largest absolute Gasteiger partial charge is 0.289 e. The summed E-state index contributed by atoms with van der Waals surface area (Å²) in [5.74, 6) is 0.123. The van der Waals surface area contributed by atoms with Crippen LogP contribution in [0.15, 0.2) is 35.7 Å². The van der Waals surface area contributed by atoms with E-state index in [1.807, 2.05) is 50.8 Å². The van der Waals surface area contributed by atoms with E-state index in [1.165, 1.54) is 0 Å². The van der Waals surface area contributed by atoms with Gasteiger partial charge in [0.25, 0.3) is 0 Å². The van der Waals surface area contributed by atoms with E-state index in [1.54, 1.807) is 9.36 Å². The lowest BCUT2D eigenvalue weighted by Crippen LogP contribution is -2.12. The van der Waals surface area contributed by atoms with E-state index >= 15 is 0 Å². The van der Waals surface area contributed by atoms with E-state index in [0.717, 1.165) is 41.8 Å². The quantitative estimate of drug-likeness (QED) is 0.795. The van der Waals surface area contributed by atoms with Crippen molar-refractivity contribution >= 4 is 17.9 Å². The Morgan fingerprint density at radius 2 is 1.43 bits per heavy atom. The maximum Gasteiger partial charge on any atom is 0.185 e. The Kier molecular flexibility index (Phi) is 3.56. The molecule has 108 valence electrons. The number of carbonyl (C=O) groups excluding carboxylic acids is 1. The first-order valence-electron chi connectivity index (χ1n) is 7.07. The molecular weight excluding hydrogens is 264 g/mol. The molecule has 0 spiro atoms. The topological polar surface area (TPSA) is 52.7 Å². The normalized spacial score (nSPS) is 19.6. The second-order valence-electron chi connectivity index (χ2n) is 5.35. The molecule has 0 saturated heterocycles. The van der Waals surface area contributed by atoms with Crippen LogP contribution in [-0.4, -0.2) is 25.3 Å². The number of nitrogens with zero attached hydrogens (tertiary/aromatic N) is 4. The van der Waals surface area contributed by atoms with Crippen molar-refractivity contribution in [3.05, 3.63) is 47.1 Å². The highest BCUT2D eigenvalue weighted by atomic mass is 16.1. The van der Waals surface area contributed by atoms with Crippen molar-refractivity contribution in [3.8, 4) is 0 Å². The lowest BCUT2D eigenvalue weighted by atomic mass is 9.88. The number of carbonyl (C=O) groups is 1. The summed E-state index contributed by atoms with van der Waals surface area (Å²) in [7, 11) is 3.74. The summed E-state index contributed by atoms with van der Waals surface area (Å²) in [5.41, 5.74) is 3.34. The van der Waals surface area contributed by atoms with E-state index in [0.29, 0.717) is 0 Å². The zero-order valence-electron chi connectivity index (χ0n) is 12.3. The monoisotopic (exact) mass is 282 g/mol. The fourth-order valence-corrected chi connectivity index (χ4v) is 2.56. The number of Topliss-reactive ketones (excluding diaryl/α,β-unsaturated/α-hetero) is 1. The zero-order valence-corrected chi connectivity index (χ0v) is 12.3. The Bertz CT molecular complexity index is 673. The molecular formula is C16H18N4O. The molecule has 0 N–H and O–H groups in total. The fourth-order valence-electron chi connectivity index (χ4n) is 2.56. The lowest BCUT2D eigenvalue weighted by Gasteiger charge is -2.15. The van der Waals surface area contributed by atoms with Gasteiger partial charge in [0.1, 0.15) is 0 Å². The molecule has 1 saturated carbocycles. The van der Waals surface area contributed by atoms with Gasteiger partial charge in [0.15, 0.2) is 5.78 Å². The van der Waals surface area contributed by atoms with E-state index in [9.17, 15) is 4.79 Å². The van der Waals surface area contributed by atoms with Gasteiger partial charge in [-0.1, -0.05) is 0 Å². The molecule has 1 aliphatic carbocycles. The number of aromatic nitrogens is 4. The lowest BCUT2D eigenvalue weighted by molar-refractivity contribution is -0.112. The summed E-state index contributed by atoms with van der Waals surface area (Å²) in [5, 5.41) is 8.61. The fraction of sp³-hybridized carbons (Fsp3) is 0.312. The van der Waals surface area contributed by atoms with Crippen LogP contribution >= 0.6 is 0 Å². The summed E-state index contributed by atoms with van der Waals surface area (Å²) in [6.07, 6.45) is 10.2. The maximum atomic E-state index is 12.5. The second-order valence-corrected chi connectivity index (χ2v) is 5.35. The number of hydrogen-bond acceptors (Lipinski definition) is 3. The molecule has 0 unspecified atom stereocenters. The first-order valence-corrected chi connectivity index (χ1v) is 7.07. The minimum atomic E-state index is 0.123. The third kappa shape index (κ3) is 3.02. The molecule has 21 heavy (non-hydrogen) atoms. The average Bonchev–Trinajstić information content (AvgIpc) is 3.03. The van der Waals surface area contributed by atoms with E-state index in [-0.39, 0.29) is 5.78 Å². The SMILES string of the molecule is Cn1ccc(/C=C2/CCC/C(=C\c3ccn(C)n3)C2=O)n1. The molecule has 3 rings (SSSR count). The number of rotatable bonds is 2. The Balaban J connectivity index is 1.87. The van der Waals surface area contributed by atoms with E-state index in [4.69, 9.17) is 0 Å². The maximum absolute atomic E-state index is 12.5. The van der Waals surface area contributed by atoms with Crippen LogP contribution in [-0.2, 0) is 18.9 Å². The molecule has 0 bridgehead atoms. The van der Waals surface area contributed by atoms with Crippen LogP contribution in [0, 0.1) is 0 Å². The van der Waals surface area contributed by atoms with Gasteiger partial charge in [-0.05, 0) is 43.5 Å². The smallest absolute Gasteiger partial charge is 0.185 e.